The fourth-order valence-electron chi connectivity index (χ4n) is 2.14. The second-order valence-corrected chi connectivity index (χ2v) is 5.96. The molecule has 0 unspecified atom stereocenters. The Bertz CT molecular complexity index is 961. The lowest BCUT2D eigenvalue weighted by molar-refractivity contribution is 0.0841. The van der Waals surface area contributed by atoms with Gasteiger partial charge >= 0.3 is 0 Å². The molecule has 1 aromatic carbocycles. The predicted molar refractivity (Wildman–Crippen MR) is 97.6 cm³/mol. The van der Waals surface area contributed by atoms with E-state index in [1.165, 1.54) is 29.9 Å². The summed E-state index contributed by atoms with van der Waals surface area (Å²) in [5.41, 5.74) is 5.60. The molecule has 0 atom stereocenters. The maximum absolute atomic E-state index is 12.2. The van der Waals surface area contributed by atoms with Gasteiger partial charge in [-0.15, -0.1) is 11.3 Å². The highest BCUT2D eigenvalue weighted by molar-refractivity contribution is 7.13. The summed E-state index contributed by atoms with van der Waals surface area (Å²) in [5, 5.41) is 2.22. The number of amides is 2. The molecule has 10 heteroatoms. The van der Waals surface area contributed by atoms with Crippen LogP contribution in [0.15, 0.2) is 42.2 Å². The molecule has 0 fully saturated rings. The fraction of sp³-hybridized carbons (Fsp3) is 0.118. The van der Waals surface area contributed by atoms with Crippen molar-refractivity contribution >= 4 is 23.2 Å². The van der Waals surface area contributed by atoms with Crippen LogP contribution in [0.5, 0.6) is 11.5 Å². The Labute approximate surface area is 158 Å². The minimum Gasteiger partial charge on any atom is -0.493 e. The molecule has 0 aliphatic heterocycles. The molecule has 0 spiro atoms. The van der Waals surface area contributed by atoms with Gasteiger partial charge in [-0.05, 0) is 18.2 Å². The van der Waals surface area contributed by atoms with Crippen LogP contribution in [0.3, 0.4) is 0 Å². The number of hydrogen-bond donors (Lipinski definition) is 2. The van der Waals surface area contributed by atoms with Crippen molar-refractivity contribution < 1.29 is 19.1 Å². The Morgan fingerprint density at radius 2 is 1.74 bits per heavy atom. The average Bonchev–Trinajstić information content (AvgIpc) is 3.22. The Balaban J connectivity index is 1.68. The van der Waals surface area contributed by atoms with E-state index in [1.807, 2.05) is 6.07 Å². The highest BCUT2D eigenvalue weighted by Gasteiger charge is 2.15. The number of carbonyl (C=O) groups excluding carboxylic acids is 2. The summed E-state index contributed by atoms with van der Waals surface area (Å²) >= 11 is 1.29. The van der Waals surface area contributed by atoms with Gasteiger partial charge in [0.15, 0.2) is 11.5 Å². The quantitative estimate of drug-likeness (QED) is 0.642. The molecule has 2 amide bonds. The first-order valence-electron chi connectivity index (χ1n) is 7.67. The lowest BCUT2D eigenvalue weighted by atomic mass is 10.2. The van der Waals surface area contributed by atoms with Gasteiger partial charge in [-0.3, -0.25) is 25.4 Å². The van der Waals surface area contributed by atoms with Crippen LogP contribution in [0.1, 0.15) is 21.0 Å². The zero-order chi connectivity index (χ0) is 19.2. The molecule has 3 rings (SSSR count). The molecule has 0 saturated carbocycles. The minimum atomic E-state index is -0.577. The summed E-state index contributed by atoms with van der Waals surface area (Å²) in [5.74, 6) is 0.0388. The van der Waals surface area contributed by atoms with Gasteiger partial charge in [0, 0.05) is 23.3 Å². The topological polar surface area (TPSA) is 115 Å². The first-order valence-corrected chi connectivity index (χ1v) is 8.55. The van der Waals surface area contributed by atoms with Crippen molar-refractivity contribution in [3.63, 3.8) is 0 Å². The third kappa shape index (κ3) is 4.18. The van der Waals surface area contributed by atoms with E-state index in [2.05, 4.69) is 25.8 Å². The largest absolute Gasteiger partial charge is 0.493 e. The summed E-state index contributed by atoms with van der Waals surface area (Å²) < 4.78 is 10.5. The van der Waals surface area contributed by atoms with Crippen LogP contribution >= 0.6 is 11.3 Å². The zero-order valence-corrected chi connectivity index (χ0v) is 15.2. The highest BCUT2D eigenvalue weighted by Crippen LogP contribution is 2.33. The molecule has 2 heterocycles. The first-order chi connectivity index (χ1) is 13.1. The van der Waals surface area contributed by atoms with Crippen LogP contribution in [-0.2, 0) is 0 Å². The number of rotatable bonds is 5. The van der Waals surface area contributed by atoms with Gasteiger partial charge in [-0.1, -0.05) is 0 Å². The van der Waals surface area contributed by atoms with Crippen LogP contribution < -0.4 is 20.3 Å². The van der Waals surface area contributed by atoms with Crippen molar-refractivity contribution in [2.24, 2.45) is 0 Å². The van der Waals surface area contributed by atoms with Crippen LogP contribution in [0.2, 0.25) is 0 Å². The van der Waals surface area contributed by atoms with E-state index in [-0.39, 0.29) is 11.4 Å². The van der Waals surface area contributed by atoms with Crippen molar-refractivity contribution in [1.29, 1.82) is 0 Å². The normalized spacial score (nSPS) is 10.1. The van der Waals surface area contributed by atoms with E-state index in [9.17, 15) is 9.59 Å². The molecule has 9 nitrogen and oxygen atoms in total. The number of nitrogens with one attached hydrogen (secondary N) is 2. The van der Waals surface area contributed by atoms with Gasteiger partial charge in [-0.2, -0.15) is 0 Å². The average molecular weight is 385 g/mol. The molecule has 0 aliphatic rings. The maximum Gasteiger partial charge on any atom is 0.289 e. The van der Waals surface area contributed by atoms with E-state index in [0.717, 1.165) is 5.56 Å². The summed E-state index contributed by atoms with van der Waals surface area (Å²) in [7, 11) is 3.10. The zero-order valence-electron chi connectivity index (χ0n) is 14.4. The molecule has 138 valence electrons. The van der Waals surface area contributed by atoms with Crippen molar-refractivity contribution in [1.82, 2.24) is 25.8 Å². The second-order valence-electron chi connectivity index (χ2n) is 5.11. The Morgan fingerprint density at radius 1 is 1.00 bits per heavy atom. The Hall–Kier alpha value is -3.53. The van der Waals surface area contributed by atoms with Gasteiger partial charge < -0.3 is 9.47 Å². The molecule has 27 heavy (non-hydrogen) atoms. The van der Waals surface area contributed by atoms with Gasteiger partial charge in [0.25, 0.3) is 11.8 Å². The number of hydrogen-bond acceptors (Lipinski definition) is 8. The lowest BCUT2D eigenvalue weighted by Gasteiger charge is -2.08. The summed E-state index contributed by atoms with van der Waals surface area (Å²) in [6.07, 6.45) is 4.12. The third-order valence-corrected chi connectivity index (χ3v) is 4.34. The molecule has 2 aromatic heterocycles. The van der Waals surface area contributed by atoms with Crippen molar-refractivity contribution in [2.75, 3.05) is 14.2 Å². The van der Waals surface area contributed by atoms with Crippen LogP contribution in [-0.4, -0.2) is 41.0 Å². The number of nitrogens with zero attached hydrogens (tertiary/aromatic N) is 3. The van der Waals surface area contributed by atoms with Gasteiger partial charge in [-0.25, -0.2) is 9.97 Å². The van der Waals surface area contributed by atoms with Crippen molar-refractivity contribution in [2.45, 2.75) is 0 Å². The number of thiazole rings is 1. The molecule has 0 aliphatic carbocycles. The monoisotopic (exact) mass is 385 g/mol. The molecule has 0 saturated heterocycles. The number of ether oxygens (including phenoxy) is 2. The second kappa shape index (κ2) is 8.23. The summed E-state index contributed by atoms with van der Waals surface area (Å²) in [6, 6.07) is 5.35. The van der Waals surface area contributed by atoms with Crippen molar-refractivity contribution in [3.05, 3.63) is 53.6 Å². The number of carbonyl (C=O) groups is 2. The Kier molecular flexibility index (Phi) is 5.57. The van der Waals surface area contributed by atoms with E-state index >= 15 is 0 Å². The number of methoxy groups -OCH3 is 2. The predicted octanol–water partition coefficient (Wildman–Crippen LogP) is 1.69. The van der Waals surface area contributed by atoms with Gasteiger partial charge in [0.2, 0.25) is 0 Å². The van der Waals surface area contributed by atoms with E-state index in [4.69, 9.17) is 9.47 Å². The molecule has 2 N–H and O–H groups in total. The third-order valence-electron chi connectivity index (χ3n) is 3.45. The molecular formula is C17H15N5O4S. The van der Waals surface area contributed by atoms with Crippen LogP contribution in [0.4, 0.5) is 0 Å². The fourth-order valence-corrected chi connectivity index (χ4v) is 2.93. The first kappa shape index (κ1) is 18.3. The van der Waals surface area contributed by atoms with Crippen LogP contribution in [0, 0.1) is 0 Å². The van der Waals surface area contributed by atoms with Crippen molar-refractivity contribution in [3.8, 4) is 22.1 Å². The molecular weight excluding hydrogens is 370 g/mol. The summed E-state index contributed by atoms with van der Waals surface area (Å²) in [6.45, 7) is 0. The maximum atomic E-state index is 12.2. The standard InChI is InChI=1S/C17H15N5O4S/c1-25-13-4-3-10(7-14(13)26-2)17-20-12(9-27-17)16(24)22-21-15(23)11-8-18-5-6-19-11/h3-9H,1-2H3,(H,21,23)(H,22,24). The Morgan fingerprint density at radius 3 is 2.41 bits per heavy atom. The highest BCUT2D eigenvalue weighted by atomic mass is 32.1. The number of hydrazine groups is 1. The van der Waals surface area contributed by atoms with Gasteiger partial charge in [0.1, 0.15) is 16.4 Å². The summed E-state index contributed by atoms with van der Waals surface area (Å²) in [4.78, 5) is 36.0. The molecule has 0 bridgehead atoms. The minimum absolute atomic E-state index is 0.0853. The van der Waals surface area contributed by atoms with E-state index in [1.54, 1.807) is 31.7 Å². The SMILES string of the molecule is COc1ccc(-c2nc(C(=O)NNC(=O)c3cnccn3)cs2)cc1OC. The molecule has 0 radical (unpaired) electrons. The lowest BCUT2D eigenvalue weighted by Crippen LogP contribution is -2.42. The number of aromatic nitrogens is 3. The smallest absolute Gasteiger partial charge is 0.289 e. The van der Waals surface area contributed by atoms with Crippen LogP contribution in [0.25, 0.3) is 10.6 Å². The van der Waals surface area contributed by atoms with E-state index < -0.39 is 11.8 Å². The van der Waals surface area contributed by atoms with E-state index in [0.29, 0.717) is 16.5 Å². The molecule has 3 aromatic rings. The number of benzene rings is 1. The van der Waals surface area contributed by atoms with Gasteiger partial charge in [0.05, 0.1) is 20.4 Å².